The van der Waals surface area contributed by atoms with E-state index in [2.05, 4.69) is 15.6 Å². The van der Waals surface area contributed by atoms with Crippen molar-refractivity contribution >= 4 is 17.4 Å². The molecule has 7 heteroatoms. The molecule has 1 fully saturated rings. The Balaban J connectivity index is 1.89. The Hall–Kier alpha value is -2.80. The maximum atomic E-state index is 12.4. The minimum absolute atomic E-state index is 0.00452. The molecule has 2 N–H and O–H groups in total. The third-order valence-electron chi connectivity index (χ3n) is 4.09. The molecule has 3 rings (SSSR count). The van der Waals surface area contributed by atoms with Crippen LogP contribution in [0.1, 0.15) is 12.8 Å². The van der Waals surface area contributed by atoms with Gasteiger partial charge in [-0.3, -0.25) is 14.9 Å². The van der Waals surface area contributed by atoms with Crippen LogP contribution in [0.2, 0.25) is 0 Å². The summed E-state index contributed by atoms with van der Waals surface area (Å²) in [4.78, 5) is 27.4. The maximum Gasteiger partial charge on any atom is 0.311 e. The predicted octanol–water partition coefficient (Wildman–Crippen LogP) is 2.59. The van der Waals surface area contributed by atoms with Crippen LogP contribution in [0.4, 0.5) is 11.5 Å². The standard InChI is InChI=1S/C17H18N4O3/c22-17(13-8-10-18-11-9-13)20-16-15(21(23)24)7-6-14(19-16)12-4-2-1-3-5-12/h1-7,13,18H,8-11H2,(H,19,20,22). The van der Waals surface area contributed by atoms with E-state index in [0.29, 0.717) is 5.69 Å². The van der Waals surface area contributed by atoms with Gasteiger partial charge in [0.1, 0.15) is 0 Å². The fourth-order valence-corrected chi connectivity index (χ4v) is 2.76. The minimum atomic E-state index is -0.528. The Bertz CT molecular complexity index is 743. The van der Waals surface area contributed by atoms with Gasteiger partial charge in [0.25, 0.3) is 0 Å². The molecule has 1 saturated heterocycles. The minimum Gasteiger partial charge on any atom is -0.317 e. The number of rotatable bonds is 4. The van der Waals surface area contributed by atoms with Crippen molar-refractivity contribution in [2.45, 2.75) is 12.8 Å². The second kappa shape index (κ2) is 7.18. The predicted molar refractivity (Wildman–Crippen MR) is 90.6 cm³/mol. The molecule has 0 aliphatic carbocycles. The van der Waals surface area contributed by atoms with Gasteiger partial charge in [-0.2, -0.15) is 0 Å². The number of nitrogens with zero attached hydrogens (tertiary/aromatic N) is 2. The van der Waals surface area contributed by atoms with E-state index in [1.54, 1.807) is 6.07 Å². The zero-order chi connectivity index (χ0) is 16.9. The van der Waals surface area contributed by atoms with Crippen LogP contribution in [0.25, 0.3) is 11.3 Å². The number of carbonyl (C=O) groups excluding carboxylic acids is 1. The van der Waals surface area contributed by atoms with Crippen LogP contribution in [-0.4, -0.2) is 28.9 Å². The molecule has 0 atom stereocenters. The molecule has 0 radical (unpaired) electrons. The first-order valence-corrected chi connectivity index (χ1v) is 7.87. The number of nitro groups is 1. The van der Waals surface area contributed by atoms with Gasteiger partial charge in [-0.1, -0.05) is 30.3 Å². The lowest BCUT2D eigenvalue weighted by Crippen LogP contribution is -2.34. The summed E-state index contributed by atoms with van der Waals surface area (Å²) in [6.07, 6.45) is 1.44. The van der Waals surface area contributed by atoms with Crippen LogP contribution in [0.3, 0.4) is 0 Å². The number of nitrogens with one attached hydrogen (secondary N) is 2. The van der Waals surface area contributed by atoms with Crippen molar-refractivity contribution in [3.05, 3.63) is 52.6 Å². The highest BCUT2D eigenvalue weighted by atomic mass is 16.6. The van der Waals surface area contributed by atoms with E-state index in [9.17, 15) is 14.9 Å². The lowest BCUT2D eigenvalue weighted by atomic mass is 9.97. The highest BCUT2D eigenvalue weighted by Crippen LogP contribution is 2.27. The zero-order valence-electron chi connectivity index (χ0n) is 13.1. The molecule has 1 aliphatic heterocycles. The highest BCUT2D eigenvalue weighted by molar-refractivity contribution is 5.94. The average molecular weight is 326 g/mol. The van der Waals surface area contributed by atoms with Crippen LogP contribution in [-0.2, 0) is 4.79 Å². The molecule has 0 spiro atoms. The number of amides is 1. The van der Waals surface area contributed by atoms with Gasteiger partial charge in [0.2, 0.25) is 11.7 Å². The molecule has 2 aromatic rings. The van der Waals surface area contributed by atoms with Gasteiger partial charge in [0.15, 0.2) is 0 Å². The van der Waals surface area contributed by atoms with E-state index in [4.69, 9.17) is 0 Å². The van der Waals surface area contributed by atoms with Crippen molar-refractivity contribution < 1.29 is 9.72 Å². The second-order valence-corrected chi connectivity index (χ2v) is 5.70. The lowest BCUT2D eigenvalue weighted by Gasteiger charge is -2.21. The largest absolute Gasteiger partial charge is 0.317 e. The molecule has 0 unspecified atom stereocenters. The van der Waals surface area contributed by atoms with E-state index in [-0.39, 0.29) is 23.3 Å². The number of pyridine rings is 1. The van der Waals surface area contributed by atoms with E-state index in [1.807, 2.05) is 30.3 Å². The van der Waals surface area contributed by atoms with Crippen molar-refractivity contribution in [1.82, 2.24) is 10.3 Å². The number of carbonyl (C=O) groups is 1. The number of hydrogen-bond donors (Lipinski definition) is 2. The van der Waals surface area contributed by atoms with Crippen molar-refractivity contribution in [1.29, 1.82) is 0 Å². The van der Waals surface area contributed by atoms with Crippen LogP contribution in [0.5, 0.6) is 0 Å². The normalized spacial score (nSPS) is 15.0. The van der Waals surface area contributed by atoms with Crippen LogP contribution in [0.15, 0.2) is 42.5 Å². The van der Waals surface area contributed by atoms with E-state index in [1.165, 1.54) is 6.07 Å². The summed E-state index contributed by atoms with van der Waals surface area (Å²) in [7, 11) is 0. The van der Waals surface area contributed by atoms with Crippen molar-refractivity contribution in [3.8, 4) is 11.3 Å². The molecule has 124 valence electrons. The maximum absolute atomic E-state index is 12.4. The first-order valence-electron chi connectivity index (χ1n) is 7.87. The van der Waals surface area contributed by atoms with Crippen molar-refractivity contribution in [2.75, 3.05) is 18.4 Å². The number of benzene rings is 1. The molecule has 1 aromatic heterocycles. The van der Waals surface area contributed by atoms with Gasteiger partial charge in [-0.05, 0) is 32.0 Å². The van der Waals surface area contributed by atoms with Crippen LogP contribution < -0.4 is 10.6 Å². The van der Waals surface area contributed by atoms with Crippen molar-refractivity contribution in [2.24, 2.45) is 5.92 Å². The average Bonchev–Trinajstić information content (AvgIpc) is 2.63. The van der Waals surface area contributed by atoms with Gasteiger partial charge in [-0.15, -0.1) is 0 Å². The molecular weight excluding hydrogens is 308 g/mol. The SMILES string of the molecule is O=C(Nc1nc(-c2ccccc2)ccc1[N+](=O)[O-])C1CCNCC1. The van der Waals surface area contributed by atoms with E-state index >= 15 is 0 Å². The first-order chi connectivity index (χ1) is 11.6. The Labute approximate surface area is 139 Å². The Kier molecular flexibility index (Phi) is 4.81. The van der Waals surface area contributed by atoms with Gasteiger partial charge >= 0.3 is 5.69 Å². The third-order valence-corrected chi connectivity index (χ3v) is 4.09. The Morgan fingerprint density at radius 1 is 1.17 bits per heavy atom. The Morgan fingerprint density at radius 2 is 1.88 bits per heavy atom. The van der Waals surface area contributed by atoms with Crippen LogP contribution >= 0.6 is 0 Å². The molecule has 1 aromatic carbocycles. The van der Waals surface area contributed by atoms with Crippen molar-refractivity contribution in [3.63, 3.8) is 0 Å². The molecule has 1 amide bonds. The summed E-state index contributed by atoms with van der Waals surface area (Å²) < 4.78 is 0. The highest BCUT2D eigenvalue weighted by Gasteiger charge is 2.25. The number of hydrogen-bond acceptors (Lipinski definition) is 5. The van der Waals surface area contributed by atoms with Gasteiger partial charge in [-0.25, -0.2) is 4.98 Å². The smallest absolute Gasteiger partial charge is 0.311 e. The number of anilines is 1. The summed E-state index contributed by atoms with van der Waals surface area (Å²) in [5.74, 6) is -0.352. The number of aromatic nitrogens is 1. The topological polar surface area (TPSA) is 97.2 Å². The molecule has 7 nitrogen and oxygen atoms in total. The fraction of sp³-hybridized carbons (Fsp3) is 0.294. The summed E-state index contributed by atoms with van der Waals surface area (Å²) in [6.45, 7) is 1.55. The van der Waals surface area contributed by atoms with Crippen LogP contribution in [0, 0.1) is 16.0 Å². The molecule has 1 aliphatic rings. The molecule has 0 bridgehead atoms. The summed E-state index contributed by atoms with van der Waals surface area (Å²) >= 11 is 0. The second-order valence-electron chi connectivity index (χ2n) is 5.70. The lowest BCUT2D eigenvalue weighted by molar-refractivity contribution is -0.384. The molecule has 24 heavy (non-hydrogen) atoms. The quantitative estimate of drug-likeness (QED) is 0.665. The summed E-state index contributed by atoms with van der Waals surface area (Å²) in [5.41, 5.74) is 1.23. The van der Waals surface area contributed by atoms with Gasteiger partial charge in [0.05, 0.1) is 10.6 Å². The fourth-order valence-electron chi connectivity index (χ4n) is 2.76. The van der Waals surface area contributed by atoms with E-state index in [0.717, 1.165) is 31.5 Å². The van der Waals surface area contributed by atoms with Gasteiger partial charge < -0.3 is 10.6 Å². The first kappa shape index (κ1) is 16.1. The molecule has 0 saturated carbocycles. The molecule has 2 heterocycles. The van der Waals surface area contributed by atoms with Gasteiger partial charge in [0, 0.05) is 17.5 Å². The number of piperidine rings is 1. The zero-order valence-corrected chi connectivity index (χ0v) is 13.1. The molecular formula is C17H18N4O3. The summed E-state index contributed by atoms with van der Waals surface area (Å²) in [5, 5.41) is 17.1. The monoisotopic (exact) mass is 326 g/mol. The van der Waals surface area contributed by atoms with E-state index < -0.39 is 4.92 Å². The Morgan fingerprint density at radius 3 is 2.54 bits per heavy atom. The third kappa shape index (κ3) is 3.57. The summed E-state index contributed by atoms with van der Waals surface area (Å²) in [6, 6.07) is 12.3.